The number of hydrogen-bond donors (Lipinski definition) is 1. The van der Waals surface area contributed by atoms with Crippen molar-refractivity contribution in [2.24, 2.45) is 0 Å². The van der Waals surface area contributed by atoms with Gasteiger partial charge in [-0.05, 0) is 51.5 Å². The molecule has 0 aliphatic carbocycles. The first-order chi connectivity index (χ1) is 14.6. The van der Waals surface area contributed by atoms with Gasteiger partial charge in [-0.3, -0.25) is 9.10 Å². The van der Waals surface area contributed by atoms with Crippen LogP contribution in [0, 0.1) is 6.92 Å². The summed E-state index contributed by atoms with van der Waals surface area (Å²) in [6, 6.07) is 12.6. The largest absolute Gasteiger partial charge is 0.487 e. The van der Waals surface area contributed by atoms with Crippen LogP contribution < -0.4 is 19.1 Å². The highest BCUT2D eigenvalue weighted by Crippen LogP contribution is 2.40. The fraction of sp³-hybridized carbons (Fsp3) is 0.435. The molecule has 4 rings (SSSR count). The van der Waals surface area contributed by atoms with Crippen molar-refractivity contribution in [2.75, 3.05) is 16.6 Å². The molecule has 0 bridgehead atoms. The number of nitrogens with zero attached hydrogens (tertiary/aromatic N) is 1. The predicted molar refractivity (Wildman–Crippen MR) is 119 cm³/mol. The van der Waals surface area contributed by atoms with E-state index in [0.717, 1.165) is 16.9 Å². The topological polar surface area (TPSA) is 84.9 Å². The smallest absolute Gasteiger partial charge is 0.263 e. The zero-order valence-corrected chi connectivity index (χ0v) is 19.0. The van der Waals surface area contributed by atoms with Gasteiger partial charge in [-0.1, -0.05) is 24.3 Å². The van der Waals surface area contributed by atoms with Crippen LogP contribution in [0.15, 0.2) is 42.5 Å². The molecule has 0 spiro atoms. The minimum Gasteiger partial charge on any atom is -0.487 e. The molecule has 2 aromatic carbocycles. The molecule has 1 N–H and O–H groups in total. The molecule has 8 heteroatoms. The van der Waals surface area contributed by atoms with E-state index in [4.69, 9.17) is 9.47 Å². The lowest BCUT2D eigenvalue weighted by molar-refractivity contribution is -0.129. The van der Waals surface area contributed by atoms with Crippen molar-refractivity contribution < 1.29 is 22.7 Å². The van der Waals surface area contributed by atoms with Crippen molar-refractivity contribution in [2.45, 2.75) is 51.9 Å². The molecule has 31 heavy (non-hydrogen) atoms. The number of fused-ring (bicyclic) bond motifs is 2. The normalized spacial score (nSPS) is 21.9. The number of aryl methyl sites for hydroxylation is 1. The third-order valence-electron chi connectivity index (χ3n) is 5.67. The van der Waals surface area contributed by atoms with E-state index in [1.54, 1.807) is 31.2 Å². The summed E-state index contributed by atoms with van der Waals surface area (Å²) in [7, 11) is -3.55. The van der Waals surface area contributed by atoms with Crippen molar-refractivity contribution in [3.63, 3.8) is 0 Å². The van der Waals surface area contributed by atoms with E-state index in [1.807, 2.05) is 39.0 Å². The Morgan fingerprint density at radius 2 is 1.94 bits per heavy atom. The average molecular weight is 445 g/mol. The third-order valence-corrected chi connectivity index (χ3v) is 7.42. The van der Waals surface area contributed by atoms with Crippen LogP contribution in [0.5, 0.6) is 11.5 Å². The Kier molecular flexibility index (Phi) is 5.37. The first-order valence-electron chi connectivity index (χ1n) is 10.5. The molecule has 2 atom stereocenters. The van der Waals surface area contributed by atoms with Gasteiger partial charge in [-0.15, -0.1) is 0 Å². The zero-order valence-electron chi connectivity index (χ0n) is 18.2. The van der Waals surface area contributed by atoms with E-state index in [9.17, 15) is 13.2 Å². The fourth-order valence-corrected chi connectivity index (χ4v) is 5.23. The van der Waals surface area contributed by atoms with Crippen LogP contribution >= 0.6 is 0 Å². The molecule has 0 radical (unpaired) electrons. The molecule has 2 aromatic rings. The van der Waals surface area contributed by atoms with Crippen LogP contribution in [0.2, 0.25) is 0 Å². The molecule has 0 unspecified atom stereocenters. The maximum atomic E-state index is 13.2. The Bertz CT molecular complexity index is 1110. The van der Waals surface area contributed by atoms with Crippen LogP contribution in [0.3, 0.4) is 0 Å². The molecule has 2 aliphatic rings. The Hall–Kier alpha value is -2.74. The molecular formula is C23H28N2O5S. The van der Waals surface area contributed by atoms with Crippen LogP contribution in [-0.2, 0) is 14.8 Å². The number of sulfonamides is 1. The Morgan fingerprint density at radius 3 is 2.68 bits per heavy atom. The number of carbonyl (C=O) groups excluding carboxylic acids is 1. The van der Waals surface area contributed by atoms with Gasteiger partial charge < -0.3 is 14.8 Å². The molecule has 1 amide bonds. The van der Waals surface area contributed by atoms with Gasteiger partial charge in [0, 0.05) is 12.0 Å². The third kappa shape index (κ3) is 4.21. The second-order valence-electron chi connectivity index (χ2n) is 8.67. The highest BCUT2D eigenvalue weighted by atomic mass is 32.2. The van der Waals surface area contributed by atoms with E-state index in [2.05, 4.69) is 5.32 Å². The maximum Gasteiger partial charge on any atom is 0.263 e. The van der Waals surface area contributed by atoms with Crippen molar-refractivity contribution >= 4 is 21.6 Å². The van der Waals surface area contributed by atoms with Gasteiger partial charge in [-0.25, -0.2) is 8.42 Å². The van der Waals surface area contributed by atoms with Crippen LogP contribution in [0.1, 0.15) is 44.4 Å². The van der Waals surface area contributed by atoms with Crippen molar-refractivity contribution in [1.82, 2.24) is 5.32 Å². The minimum atomic E-state index is -3.55. The first-order valence-corrected chi connectivity index (χ1v) is 12.1. The predicted octanol–water partition coefficient (Wildman–Crippen LogP) is 3.33. The quantitative estimate of drug-likeness (QED) is 0.782. The van der Waals surface area contributed by atoms with Crippen LogP contribution in [0.25, 0.3) is 0 Å². The highest BCUT2D eigenvalue weighted by molar-refractivity contribution is 7.92. The fourth-order valence-electron chi connectivity index (χ4n) is 4.11. The van der Waals surface area contributed by atoms with Crippen molar-refractivity contribution in [3.05, 3.63) is 53.6 Å². The summed E-state index contributed by atoms with van der Waals surface area (Å²) in [5, 5.41) is 3.08. The molecule has 166 valence electrons. The number of amides is 1. The SMILES string of the molecule is CCS(=O)(=O)N1C[C@H](C(=O)N[C@H]2CC(C)(C)Oc3cc(C)ccc32)Oc2ccccc21. The molecule has 0 saturated carbocycles. The van der Waals surface area contributed by atoms with E-state index in [0.29, 0.717) is 17.9 Å². The zero-order chi connectivity index (χ0) is 22.4. The first kappa shape index (κ1) is 21.5. The maximum absolute atomic E-state index is 13.2. The Morgan fingerprint density at radius 1 is 1.19 bits per heavy atom. The van der Waals surface area contributed by atoms with Gasteiger partial charge in [0.05, 0.1) is 24.0 Å². The second-order valence-corrected chi connectivity index (χ2v) is 10.9. The number of carbonyl (C=O) groups is 1. The Labute approximate surface area is 183 Å². The molecule has 7 nitrogen and oxygen atoms in total. The standard InChI is InChI=1S/C23H28N2O5S/c1-5-31(27,28)25-14-21(29-19-9-7-6-8-18(19)25)22(26)24-17-13-23(3,4)30-20-12-15(2)10-11-16(17)20/h6-12,17,21H,5,13-14H2,1-4H3,(H,24,26)/t17-,21+/m0/s1. The van der Waals surface area contributed by atoms with Crippen LogP contribution in [-0.4, -0.2) is 38.3 Å². The van der Waals surface area contributed by atoms with E-state index >= 15 is 0 Å². The summed E-state index contributed by atoms with van der Waals surface area (Å²) in [5.74, 6) is 0.734. The molecule has 2 heterocycles. The van der Waals surface area contributed by atoms with Gasteiger partial charge in [0.15, 0.2) is 6.10 Å². The number of para-hydroxylation sites is 2. The molecule has 0 aromatic heterocycles. The number of rotatable bonds is 4. The van der Waals surface area contributed by atoms with Gasteiger partial charge in [0.25, 0.3) is 5.91 Å². The average Bonchev–Trinajstić information content (AvgIpc) is 2.71. The van der Waals surface area contributed by atoms with E-state index < -0.39 is 21.7 Å². The lowest BCUT2D eigenvalue weighted by Gasteiger charge is -2.39. The minimum absolute atomic E-state index is 0.0590. The van der Waals surface area contributed by atoms with Gasteiger partial charge in [0.2, 0.25) is 10.0 Å². The lowest BCUT2D eigenvalue weighted by atomic mass is 9.89. The highest BCUT2D eigenvalue weighted by Gasteiger charge is 2.39. The summed E-state index contributed by atoms with van der Waals surface area (Å²) in [6.45, 7) is 7.49. The summed E-state index contributed by atoms with van der Waals surface area (Å²) >= 11 is 0. The van der Waals surface area contributed by atoms with Crippen molar-refractivity contribution in [1.29, 1.82) is 0 Å². The van der Waals surface area contributed by atoms with Crippen LogP contribution in [0.4, 0.5) is 5.69 Å². The lowest BCUT2D eigenvalue weighted by Crippen LogP contribution is -2.52. The van der Waals surface area contributed by atoms with E-state index in [1.165, 1.54) is 4.31 Å². The number of nitrogens with one attached hydrogen (secondary N) is 1. The summed E-state index contributed by atoms with van der Waals surface area (Å²) in [4.78, 5) is 13.2. The van der Waals surface area contributed by atoms with Gasteiger partial charge >= 0.3 is 0 Å². The van der Waals surface area contributed by atoms with Gasteiger partial charge in [-0.2, -0.15) is 0 Å². The summed E-state index contributed by atoms with van der Waals surface area (Å²) in [5.41, 5.74) is 2.00. The number of anilines is 1. The molecular weight excluding hydrogens is 416 g/mol. The molecule has 2 aliphatic heterocycles. The summed E-state index contributed by atoms with van der Waals surface area (Å²) < 4.78 is 38.7. The number of hydrogen-bond acceptors (Lipinski definition) is 5. The Balaban J connectivity index is 1.61. The number of ether oxygens (including phenoxy) is 2. The molecule has 0 saturated heterocycles. The van der Waals surface area contributed by atoms with Gasteiger partial charge in [0.1, 0.15) is 17.1 Å². The second kappa shape index (κ2) is 7.75. The monoisotopic (exact) mass is 444 g/mol. The summed E-state index contributed by atoms with van der Waals surface area (Å²) in [6.07, 6.45) is -0.356. The molecule has 0 fully saturated rings. The van der Waals surface area contributed by atoms with Crippen molar-refractivity contribution in [3.8, 4) is 11.5 Å². The van der Waals surface area contributed by atoms with E-state index in [-0.39, 0.29) is 24.2 Å². The number of benzene rings is 2.